The van der Waals surface area contributed by atoms with Gasteiger partial charge in [-0.1, -0.05) is 24.3 Å². The molecule has 0 N–H and O–H groups in total. The fourth-order valence-corrected chi connectivity index (χ4v) is 2.20. The minimum absolute atomic E-state index is 0.0166. The van der Waals surface area contributed by atoms with E-state index < -0.39 is 17.6 Å². The first-order valence-electron chi connectivity index (χ1n) is 4.99. The van der Waals surface area contributed by atoms with Crippen LogP contribution in [0.2, 0.25) is 0 Å². The monoisotopic (exact) mass is 238 g/mol. The van der Waals surface area contributed by atoms with E-state index >= 15 is 0 Å². The molecule has 0 heterocycles. The van der Waals surface area contributed by atoms with Crippen LogP contribution in [0.1, 0.15) is 5.56 Å². The maximum Gasteiger partial charge on any atom is 0.417 e. The van der Waals surface area contributed by atoms with Crippen molar-refractivity contribution in [1.29, 1.82) is 0 Å². The highest BCUT2D eigenvalue weighted by molar-refractivity contribution is 6.11. The second kappa shape index (κ2) is 3.09. The minimum Gasteiger partial charge on any atom is -0.206 e. The third-order valence-corrected chi connectivity index (χ3v) is 2.92. The molecule has 0 unspecified atom stereocenters. The van der Waals surface area contributed by atoms with Gasteiger partial charge in [0.2, 0.25) is 0 Å². The molecule has 0 spiro atoms. The molecule has 0 saturated heterocycles. The van der Waals surface area contributed by atoms with Gasteiger partial charge < -0.3 is 0 Å². The van der Waals surface area contributed by atoms with E-state index in [-0.39, 0.29) is 10.8 Å². The van der Waals surface area contributed by atoms with E-state index in [1.807, 2.05) is 0 Å². The number of fused-ring (bicyclic) bond motifs is 2. The molecule has 2 bridgehead atoms. The van der Waals surface area contributed by atoms with Crippen LogP contribution < -0.4 is 0 Å². The lowest BCUT2D eigenvalue weighted by Crippen LogP contribution is -2.06. The molecule has 86 valence electrons. The van der Waals surface area contributed by atoms with Gasteiger partial charge in [0.15, 0.2) is 0 Å². The van der Waals surface area contributed by atoms with Gasteiger partial charge in [-0.2, -0.15) is 13.2 Å². The molecular weight excluding hydrogens is 232 g/mol. The molecule has 0 aliphatic carbocycles. The van der Waals surface area contributed by atoms with E-state index in [0.29, 0.717) is 10.8 Å². The molecule has 0 atom stereocenters. The topological polar surface area (TPSA) is 0 Å². The first-order chi connectivity index (χ1) is 7.98. The number of rotatable bonds is 0. The normalized spacial score (nSPS) is 12.7. The highest BCUT2D eigenvalue weighted by Gasteiger charge is 2.33. The number of halogens is 4. The van der Waals surface area contributed by atoms with E-state index in [2.05, 4.69) is 0 Å². The number of benzene rings is 4. The van der Waals surface area contributed by atoms with E-state index in [9.17, 15) is 17.6 Å². The summed E-state index contributed by atoms with van der Waals surface area (Å²) in [5.74, 6) is -0.605. The Balaban J connectivity index is 2.57. The number of alkyl halides is 3. The predicted octanol–water partition coefficient (Wildman–Crippen LogP) is 4.59. The van der Waals surface area contributed by atoms with Crippen molar-refractivity contribution in [3.05, 3.63) is 47.8 Å². The molecule has 0 nitrogen and oxygen atoms in total. The SMILES string of the molecule is Fc1cc2ccc1c1c(C(F)(F)F)cccc21. The van der Waals surface area contributed by atoms with Gasteiger partial charge in [-0.15, -0.1) is 0 Å². The molecular formula is C13H6F4. The summed E-state index contributed by atoms with van der Waals surface area (Å²) in [4.78, 5) is 0. The van der Waals surface area contributed by atoms with Gasteiger partial charge in [-0.25, -0.2) is 4.39 Å². The molecule has 0 amide bonds. The van der Waals surface area contributed by atoms with Gasteiger partial charge in [0.25, 0.3) is 0 Å². The molecule has 17 heavy (non-hydrogen) atoms. The maximum absolute atomic E-state index is 13.5. The van der Waals surface area contributed by atoms with Crippen LogP contribution in [0.4, 0.5) is 17.6 Å². The Morgan fingerprint density at radius 3 is 2.29 bits per heavy atom. The maximum atomic E-state index is 13.5. The quantitative estimate of drug-likeness (QED) is 0.502. The predicted molar refractivity (Wildman–Crippen MR) is 57.6 cm³/mol. The van der Waals surface area contributed by atoms with Crippen LogP contribution in [-0.2, 0) is 6.18 Å². The van der Waals surface area contributed by atoms with Crippen molar-refractivity contribution in [2.24, 2.45) is 0 Å². The van der Waals surface area contributed by atoms with Gasteiger partial charge in [0, 0.05) is 10.8 Å². The van der Waals surface area contributed by atoms with Crippen molar-refractivity contribution in [2.75, 3.05) is 0 Å². The molecule has 0 aromatic heterocycles. The summed E-state index contributed by atoms with van der Waals surface area (Å²) in [6.45, 7) is 0. The Kier molecular flexibility index (Phi) is 1.88. The molecule has 0 fully saturated rings. The van der Waals surface area contributed by atoms with E-state index in [0.717, 1.165) is 6.07 Å². The van der Waals surface area contributed by atoms with Crippen molar-refractivity contribution in [2.45, 2.75) is 6.18 Å². The summed E-state index contributed by atoms with van der Waals surface area (Å²) >= 11 is 0. The standard InChI is InChI=1S/C13H6F4/c14-11-6-7-4-5-9(11)12-8(7)2-1-3-10(12)13(15,16)17/h1-6H. The molecule has 4 aromatic rings. The number of hydrogen-bond acceptors (Lipinski definition) is 0. The fourth-order valence-electron chi connectivity index (χ4n) is 2.20. The first kappa shape index (κ1) is 10.3. The highest BCUT2D eigenvalue weighted by Crippen LogP contribution is 2.40. The summed E-state index contributed by atoms with van der Waals surface area (Å²) in [6.07, 6.45) is -4.47. The van der Waals surface area contributed by atoms with Gasteiger partial charge >= 0.3 is 6.18 Å². The zero-order valence-corrected chi connectivity index (χ0v) is 8.48. The van der Waals surface area contributed by atoms with Crippen molar-refractivity contribution >= 4 is 21.5 Å². The Bertz CT molecular complexity index is 697. The van der Waals surface area contributed by atoms with Gasteiger partial charge in [-0.3, -0.25) is 0 Å². The van der Waals surface area contributed by atoms with Crippen molar-refractivity contribution in [1.82, 2.24) is 0 Å². The summed E-state index contributed by atoms with van der Waals surface area (Å²) < 4.78 is 52.0. The van der Waals surface area contributed by atoms with Crippen LogP contribution in [0.5, 0.6) is 0 Å². The molecule has 4 aromatic carbocycles. The summed E-state index contributed by atoms with van der Waals surface area (Å²) in [5, 5.41) is 0.901. The molecule has 0 saturated carbocycles. The van der Waals surface area contributed by atoms with Crippen molar-refractivity contribution in [3.8, 4) is 0 Å². The summed E-state index contributed by atoms with van der Waals surface area (Å²) in [6, 6.07) is 8.18. The van der Waals surface area contributed by atoms with E-state index in [1.165, 1.54) is 18.2 Å². The summed E-state index contributed by atoms with van der Waals surface area (Å²) in [5.41, 5.74) is -0.782. The van der Waals surface area contributed by atoms with Crippen LogP contribution in [0, 0.1) is 5.82 Å². The van der Waals surface area contributed by atoms with E-state index in [4.69, 9.17) is 0 Å². The van der Waals surface area contributed by atoms with Crippen molar-refractivity contribution < 1.29 is 17.6 Å². The second-order valence-corrected chi connectivity index (χ2v) is 3.92. The Morgan fingerprint density at radius 1 is 0.882 bits per heavy atom. The zero-order valence-electron chi connectivity index (χ0n) is 8.48. The average Bonchev–Trinajstić information content (AvgIpc) is 2.28. The lowest BCUT2D eigenvalue weighted by molar-refractivity contribution is -0.136. The smallest absolute Gasteiger partial charge is 0.206 e. The third-order valence-electron chi connectivity index (χ3n) is 2.92. The fraction of sp³-hybridized carbons (Fsp3) is 0.0769. The number of hydrogen-bond donors (Lipinski definition) is 0. The van der Waals surface area contributed by atoms with Gasteiger partial charge in [0.05, 0.1) is 5.56 Å². The first-order valence-corrected chi connectivity index (χ1v) is 4.99. The molecule has 4 heteroatoms. The molecule has 0 aliphatic rings. The van der Waals surface area contributed by atoms with Crippen LogP contribution in [0.25, 0.3) is 21.5 Å². The van der Waals surface area contributed by atoms with Crippen molar-refractivity contribution in [3.63, 3.8) is 0 Å². The second-order valence-electron chi connectivity index (χ2n) is 3.92. The Morgan fingerprint density at radius 2 is 1.65 bits per heavy atom. The third kappa shape index (κ3) is 1.37. The van der Waals surface area contributed by atoms with Crippen LogP contribution >= 0.6 is 0 Å². The highest BCUT2D eigenvalue weighted by atomic mass is 19.4. The van der Waals surface area contributed by atoms with Crippen LogP contribution in [0.3, 0.4) is 0 Å². The molecule has 4 rings (SSSR count). The Hall–Kier alpha value is -1.84. The molecule has 0 radical (unpaired) electrons. The lowest BCUT2D eigenvalue weighted by Gasteiger charge is -2.14. The minimum atomic E-state index is -4.47. The lowest BCUT2D eigenvalue weighted by atomic mass is 9.95. The largest absolute Gasteiger partial charge is 0.417 e. The zero-order chi connectivity index (χ0) is 12.2. The Labute approximate surface area is 93.8 Å². The van der Waals surface area contributed by atoms with Crippen LogP contribution in [-0.4, -0.2) is 0 Å². The average molecular weight is 238 g/mol. The molecule has 0 aliphatic heterocycles. The van der Waals surface area contributed by atoms with Gasteiger partial charge in [-0.05, 0) is 22.9 Å². The van der Waals surface area contributed by atoms with Crippen LogP contribution in [0.15, 0.2) is 36.4 Å². The van der Waals surface area contributed by atoms with Gasteiger partial charge in [0.1, 0.15) is 5.82 Å². The summed E-state index contributed by atoms with van der Waals surface area (Å²) in [7, 11) is 0. The van der Waals surface area contributed by atoms with E-state index in [1.54, 1.807) is 12.1 Å².